The Balaban J connectivity index is 2.18. The van der Waals surface area contributed by atoms with Gasteiger partial charge in [-0.1, -0.05) is 0 Å². The molecule has 3 rings (SSSR count). The summed E-state index contributed by atoms with van der Waals surface area (Å²) >= 11 is 0. The third kappa shape index (κ3) is 1.44. The van der Waals surface area contributed by atoms with E-state index >= 15 is 0 Å². The highest BCUT2D eigenvalue weighted by Gasteiger charge is 2.03. The first-order valence-electron chi connectivity index (χ1n) is 5.04. The average molecular weight is 210 g/mol. The molecule has 3 heterocycles. The van der Waals surface area contributed by atoms with E-state index in [1.165, 1.54) is 0 Å². The van der Waals surface area contributed by atoms with Gasteiger partial charge >= 0.3 is 0 Å². The third-order valence-corrected chi connectivity index (χ3v) is 2.46. The van der Waals surface area contributed by atoms with E-state index in [2.05, 4.69) is 15.1 Å². The van der Waals surface area contributed by atoms with Crippen molar-refractivity contribution in [2.45, 2.75) is 0 Å². The maximum absolute atomic E-state index is 4.36. The summed E-state index contributed by atoms with van der Waals surface area (Å²) in [7, 11) is 1.90. The van der Waals surface area contributed by atoms with Crippen LogP contribution in [0.3, 0.4) is 0 Å². The van der Waals surface area contributed by atoms with Crippen LogP contribution < -0.4 is 0 Å². The molecule has 0 aliphatic rings. The summed E-state index contributed by atoms with van der Waals surface area (Å²) in [5, 5.41) is 4.34. The summed E-state index contributed by atoms with van der Waals surface area (Å²) in [5.74, 6) is 0. The lowest BCUT2D eigenvalue weighted by molar-refractivity contribution is 0.771. The number of hydrogen-bond acceptors (Lipinski definition) is 3. The first kappa shape index (κ1) is 9.03. The van der Waals surface area contributed by atoms with Gasteiger partial charge in [0.2, 0.25) is 0 Å². The van der Waals surface area contributed by atoms with Crippen molar-refractivity contribution < 1.29 is 0 Å². The second-order valence-corrected chi connectivity index (χ2v) is 3.64. The van der Waals surface area contributed by atoms with Gasteiger partial charge in [0.1, 0.15) is 0 Å². The molecule has 0 saturated carbocycles. The van der Waals surface area contributed by atoms with Gasteiger partial charge in [-0.2, -0.15) is 5.10 Å². The first-order valence-corrected chi connectivity index (χ1v) is 5.04. The summed E-state index contributed by atoms with van der Waals surface area (Å²) in [6.45, 7) is 0. The number of rotatable bonds is 1. The SMILES string of the molecule is Cn1ccc(-c2cnc3cccnc3c2)n1. The Bertz CT molecular complexity index is 642. The maximum Gasteiger partial charge on any atom is 0.0939 e. The predicted octanol–water partition coefficient (Wildman–Crippen LogP) is 2.03. The van der Waals surface area contributed by atoms with Crippen molar-refractivity contribution in [3.63, 3.8) is 0 Å². The molecule has 3 aromatic rings. The predicted molar refractivity (Wildman–Crippen MR) is 61.7 cm³/mol. The average Bonchev–Trinajstić information content (AvgIpc) is 2.75. The highest BCUT2D eigenvalue weighted by Crippen LogP contribution is 2.19. The fraction of sp³-hybridized carbons (Fsp3) is 0.0833. The Labute approximate surface area is 92.6 Å². The molecule has 0 aliphatic carbocycles. The zero-order valence-corrected chi connectivity index (χ0v) is 8.83. The fourth-order valence-electron chi connectivity index (χ4n) is 1.66. The summed E-state index contributed by atoms with van der Waals surface area (Å²) in [6, 6.07) is 7.80. The van der Waals surface area contributed by atoms with Crippen LogP contribution in [0.15, 0.2) is 42.9 Å². The van der Waals surface area contributed by atoms with Crippen molar-refractivity contribution in [3.05, 3.63) is 42.9 Å². The van der Waals surface area contributed by atoms with Crippen molar-refractivity contribution in [1.82, 2.24) is 19.7 Å². The van der Waals surface area contributed by atoms with Gasteiger partial charge in [-0.25, -0.2) is 0 Å². The summed E-state index contributed by atoms with van der Waals surface area (Å²) in [6.07, 6.45) is 5.51. The lowest BCUT2D eigenvalue weighted by Crippen LogP contribution is -1.89. The highest BCUT2D eigenvalue weighted by molar-refractivity contribution is 5.78. The Morgan fingerprint density at radius 3 is 2.88 bits per heavy atom. The minimum Gasteiger partial charge on any atom is -0.275 e. The van der Waals surface area contributed by atoms with E-state index in [9.17, 15) is 0 Å². The van der Waals surface area contributed by atoms with Crippen LogP contribution in [-0.2, 0) is 7.05 Å². The van der Waals surface area contributed by atoms with Crippen LogP contribution in [0.25, 0.3) is 22.3 Å². The smallest absolute Gasteiger partial charge is 0.0939 e. The Kier molecular flexibility index (Phi) is 1.93. The molecule has 78 valence electrons. The fourth-order valence-corrected chi connectivity index (χ4v) is 1.66. The molecule has 0 saturated heterocycles. The monoisotopic (exact) mass is 210 g/mol. The second kappa shape index (κ2) is 3.41. The Hall–Kier alpha value is -2.23. The Morgan fingerprint density at radius 1 is 1.12 bits per heavy atom. The molecule has 0 bridgehead atoms. The van der Waals surface area contributed by atoms with E-state index < -0.39 is 0 Å². The van der Waals surface area contributed by atoms with Gasteiger partial charge in [0.15, 0.2) is 0 Å². The van der Waals surface area contributed by atoms with Gasteiger partial charge in [-0.3, -0.25) is 14.6 Å². The van der Waals surface area contributed by atoms with E-state index in [-0.39, 0.29) is 0 Å². The van der Waals surface area contributed by atoms with Crippen molar-refractivity contribution >= 4 is 11.0 Å². The third-order valence-electron chi connectivity index (χ3n) is 2.46. The quantitative estimate of drug-likeness (QED) is 0.617. The van der Waals surface area contributed by atoms with Gasteiger partial charge in [-0.15, -0.1) is 0 Å². The van der Waals surface area contributed by atoms with Crippen LogP contribution in [-0.4, -0.2) is 19.7 Å². The molecule has 0 fully saturated rings. The molecule has 3 aromatic heterocycles. The van der Waals surface area contributed by atoms with Crippen molar-refractivity contribution in [2.24, 2.45) is 7.05 Å². The molecule has 16 heavy (non-hydrogen) atoms. The minimum absolute atomic E-state index is 0.894. The van der Waals surface area contributed by atoms with Crippen molar-refractivity contribution in [3.8, 4) is 11.3 Å². The van der Waals surface area contributed by atoms with Crippen molar-refractivity contribution in [1.29, 1.82) is 0 Å². The molecule has 0 radical (unpaired) electrons. The molecule has 4 heteroatoms. The molecule has 0 aliphatic heterocycles. The van der Waals surface area contributed by atoms with Crippen LogP contribution >= 0.6 is 0 Å². The topological polar surface area (TPSA) is 43.6 Å². The zero-order valence-electron chi connectivity index (χ0n) is 8.83. The molecule has 0 amide bonds. The van der Waals surface area contributed by atoms with E-state index in [1.54, 1.807) is 10.9 Å². The lowest BCUT2D eigenvalue weighted by Gasteiger charge is -1.98. The minimum atomic E-state index is 0.894. The second-order valence-electron chi connectivity index (χ2n) is 3.64. The molecule has 0 spiro atoms. The number of aromatic nitrogens is 4. The summed E-state index contributed by atoms with van der Waals surface area (Å²) in [5.41, 5.74) is 3.71. The molecule has 0 atom stereocenters. The normalized spacial score (nSPS) is 10.8. The van der Waals surface area contributed by atoms with Gasteiger partial charge in [0.05, 0.1) is 16.7 Å². The molecular weight excluding hydrogens is 200 g/mol. The number of fused-ring (bicyclic) bond motifs is 1. The number of pyridine rings is 2. The van der Waals surface area contributed by atoms with Crippen LogP contribution in [0.5, 0.6) is 0 Å². The molecule has 0 unspecified atom stereocenters. The van der Waals surface area contributed by atoms with E-state index in [0.29, 0.717) is 0 Å². The maximum atomic E-state index is 4.36. The molecular formula is C12H10N4. The van der Waals surface area contributed by atoms with Crippen LogP contribution in [0, 0.1) is 0 Å². The first-order chi connectivity index (χ1) is 7.83. The standard InChI is InChI=1S/C12H10N4/c1-16-6-4-10(15-16)9-7-12-11(14-8-9)3-2-5-13-12/h2-8H,1H3. The van der Waals surface area contributed by atoms with Gasteiger partial charge in [0.25, 0.3) is 0 Å². The van der Waals surface area contributed by atoms with E-state index in [4.69, 9.17) is 0 Å². The van der Waals surface area contributed by atoms with E-state index in [1.807, 2.05) is 43.7 Å². The van der Waals surface area contributed by atoms with Gasteiger partial charge < -0.3 is 0 Å². The highest BCUT2D eigenvalue weighted by atomic mass is 15.2. The van der Waals surface area contributed by atoms with Crippen LogP contribution in [0.2, 0.25) is 0 Å². The number of hydrogen-bond donors (Lipinski definition) is 0. The van der Waals surface area contributed by atoms with Crippen LogP contribution in [0.1, 0.15) is 0 Å². The Morgan fingerprint density at radius 2 is 2.06 bits per heavy atom. The summed E-state index contributed by atoms with van der Waals surface area (Å²) in [4.78, 5) is 8.63. The number of nitrogens with zero attached hydrogens (tertiary/aromatic N) is 4. The van der Waals surface area contributed by atoms with Gasteiger partial charge in [-0.05, 0) is 24.3 Å². The van der Waals surface area contributed by atoms with E-state index in [0.717, 1.165) is 22.3 Å². The molecule has 0 aromatic carbocycles. The lowest BCUT2D eigenvalue weighted by atomic mass is 10.2. The summed E-state index contributed by atoms with van der Waals surface area (Å²) < 4.78 is 1.78. The largest absolute Gasteiger partial charge is 0.275 e. The van der Waals surface area contributed by atoms with Crippen molar-refractivity contribution in [2.75, 3.05) is 0 Å². The molecule has 4 nitrogen and oxygen atoms in total. The zero-order chi connectivity index (χ0) is 11.0. The molecule has 0 N–H and O–H groups in total. The number of aryl methyl sites for hydroxylation is 1. The van der Waals surface area contributed by atoms with Crippen LogP contribution in [0.4, 0.5) is 0 Å². The van der Waals surface area contributed by atoms with Gasteiger partial charge in [0, 0.05) is 31.2 Å².